The third-order valence-corrected chi connectivity index (χ3v) is 4.47. The van der Waals surface area contributed by atoms with Crippen LogP contribution in [-0.4, -0.2) is 4.98 Å². The van der Waals surface area contributed by atoms with Gasteiger partial charge in [0.05, 0.1) is 16.7 Å². The molecule has 2 nitrogen and oxygen atoms in total. The molecule has 1 heterocycles. The molecule has 1 aromatic heterocycles. The van der Waals surface area contributed by atoms with E-state index < -0.39 is 0 Å². The minimum Gasteiger partial charge on any atom is -0.378 e. The topological polar surface area (TPSA) is 24.9 Å². The highest BCUT2D eigenvalue weighted by molar-refractivity contribution is 9.10. The van der Waals surface area contributed by atoms with Crippen LogP contribution in [0.3, 0.4) is 0 Å². The van der Waals surface area contributed by atoms with Gasteiger partial charge in [0.15, 0.2) is 0 Å². The number of benzene rings is 1. The number of thiazole rings is 1. The first-order valence-electron chi connectivity index (χ1n) is 6.42. The Morgan fingerprint density at radius 1 is 1.35 bits per heavy atom. The van der Waals surface area contributed by atoms with Crippen LogP contribution in [0, 0.1) is 12.7 Å². The average molecular weight is 357 g/mol. The second kappa shape index (κ2) is 5.82. The Hall–Kier alpha value is -0.940. The molecule has 0 aliphatic carbocycles. The van der Waals surface area contributed by atoms with Crippen LogP contribution in [0.4, 0.5) is 10.1 Å². The van der Waals surface area contributed by atoms with Crippen molar-refractivity contribution in [3.8, 4) is 0 Å². The van der Waals surface area contributed by atoms with E-state index >= 15 is 0 Å². The number of aryl methyl sites for hydroxylation is 1. The van der Waals surface area contributed by atoms with Crippen molar-refractivity contribution in [3.63, 3.8) is 0 Å². The van der Waals surface area contributed by atoms with Gasteiger partial charge >= 0.3 is 0 Å². The monoisotopic (exact) mass is 356 g/mol. The van der Waals surface area contributed by atoms with E-state index in [4.69, 9.17) is 0 Å². The van der Waals surface area contributed by atoms with Gasteiger partial charge in [0.2, 0.25) is 0 Å². The number of rotatable bonds is 3. The SMILES string of the molecule is Cc1cc(F)c(Br)cc1NCc1nc(C(C)(C)C)cs1. The number of nitrogens with one attached hydrogen (secondary N) is 1. The molecule has 0 unspecified atom stereocenters. The molecule has 2 rings (SSSR count). The summed E-state index contributed by atoms with van der Waals surface area (Å²) in [5.74, 6) is -0.239. The Bertz CT molecular complexity index is 617. The highest BCUT2D eigenvalue weighted by Crippen LogP contribution is 2.26. The first kappa shape index (κ1) is 15.4. The van der Waals surface area contributed by atoms with E-state index in [2.05, 4.69) is 52.4 Å². The Kier molecular flexibility index (Phi) is 4.49. The Labute approximate surface area is 131 Å². The van der Waals surface area contributed by atoms with Crippen molar-refractivity contribution < 1.29 is 4.39 Å². The van der Waals surface area contributed by atoms with Gasteiger partial charge in [0.1, 0.15) is 10.8 Å². The van der Waals surface area contributed by atoms with Gasteiger partial charge in [0, 0.05) is 16.5 Å². The Balaban J connectivity index is 2.09. The number of halogens is 2. The molecule has 0 amide bonds. The molecule has 108 valence electrons. The molecule has 0 saturated heterocycles. The Morgan fingerprint density at radius 2 is 2.05 bits per heavy atom. The molecular formula is C15H18BrFN2S. The first-order chi connectivity index (χ1) is 9.27. The quantitative estimate of drug-likeness (QED) is 0.810. The molecule has 20 heavy (non-hydrogen) atoms. The summed E-state index contributed by atoms with van der Waals surface area (Å²) in [5, 5.41) is 6.45. The highest BCUT2D eigenvalue weighted by atomic mass is 79.9. The molecule has 0 radical (unpaired) electrons. The van der Waals surface area contributed by atoms with Crippen molar-refractivity contribution >= 4 is 33.0 Å². The van der Waals surface area contributed by atoms with Gasteiger partial charge in [-0.25, -0.2) is 9.37 Å². The van der Waals surface area contributed by atoms with E-state index in [1.807, 2.05) is 6.92 Å². The van der Waals surface area contributed by atoms with E-state index in [9.17, 15) is 4.39 Å². The lowest BCUT2D eigenvalue weighted by atomic mass is 9.93. The minimum absolute atomic E-state index is 0.0730. The fraction of sp³-hybridized carbons (Fsp3) is 0.400. The van der Waals surface area contributed by atoms with Gasteiger partial charge in [-0.05, 0) is 40.5 Å². The lowest BCUT2D eigenvalue weighted by molar-refractivity contribution is 0.571. The fourth-order valence-corrected chi connectivity index (χ4v) is 3.05. The maximum atomic E-state index is 13.4. The van der Waals surface area contributed by atoms with Gasteiger partial charge in [-0.1, -0.05) is 20.8 Å². The van der Waals surface area contributed by atoms with E-state index in [1.54, 1.807) is 17.4 Å². The molecule has 0 aliphatic heterocycles. The minimum atomic E-state index is -0.239. The standard InChI is InChI=1S/C15H18BrFN2S/c1-9-5-11(17)10(16)6-12(9)18-7-14-19-13(8-20-14)15(2,3)4/h5-6,8,18H,7H2,1-4H3. The molecule has 5 heteroatoms. The second-order valence-corrected chi connectivity index (χ2v) is 7.61. The number of hydrogen-bond donors (Lipinski definition) is 1. The molecule has 0 aliphatic rings. The van der Waals surface area contributed by atoms with Crippen LogP contribution in [-0.2, 0) is 12.0 Å². The normalized spacial score (nSPS) is 11.7. The number of hydrogen-bond acceptors (Lipinski definition) is 3. The summed E-state index contributed by atoms with van der Waals surface area (Å²) in [6, 6.07) is 3.29. The van der Waals surface area contributed by atoms with Crippen molar-refractivity contribution in [1.82, 2.24) is 4.98 Å². The van der Waals surface area contributed by atoms with Crippen molar-refractivity contribution in [2.75, 3.05) is 5.32 Å². The molecule has 0 saturated carbocycles. The summed E-state index contributed by atoms with van der Waals surface area (Å²) in [6.45, 7) is 9.00. The van der Waals surface area contributed by atoms with Crippen molar-refractivity contribution in [2.24, 2.45) is 0 Å². The van der Waals surface area contributed by atoms with Gasteiger partial charge in [-0.2, -0.15) is 0 Å². The molecule has 0 fully saturated rings. The number of nitrogens with zero attached hydrogens (tertiary/aromatic N) is 1. The second-order valence-electron chi connectivity index (χ2n) is 5.81. The zero-order valence-electron chi connectivity index (χ0n) is 12.1. The van der Waals surface area contributed by atoms with E-state index in [1.165, 1.54) is 6.07 Å². The molecule has 0 spiro atoms. The highest BCUT2D eigenvalue weighted by Gasteiger charge is 2.17. The van der Waals surface area contributed by atoms with Crippen molar-refractivity contribution in [1.29, 1.82) is 0 Å². The van der Waals surface area contributed by atoms with Gasteiger partial charge in [-0.3, -0.25) is 0 Å². The lowest BCUT2D eigenvalue weighted by Crippen LogP contribution is -2.12. The number of aromatic nitrogens is 1. The maximum Gasteiger partial charge on any atom is 0.137 e. The predicted molar refractivity (Wildman–Crippen MR) is 87.0 cm³/mol. The molecule has 0 bridgehead atoms. The zero-order valence-corrected chi connectivity index (χ0v) is 14.5. The predicted octanol–water partition coefficient (Wildman–Crippen LogP) is 5.26. The summed E-state index contributed by atoms with van der Waals surface area (Å²) >= 11 is 4.86. The Morgan fingerprint density at radius 3 is 2.65 bits per heavy atom. The molecule has 0 atom stereocenters. The van der Waals surface area contributed by atoms with Crippen LogP contribution in [0.5, 0.6) is 0 Å². The third-order valence-electron chi connectivity index (χ3n) is 3.02. The van der Waals surface area contributed by atoms with Crippen LogP contribution in [0.2, 0.25) is 0 Å². The van der Waals surface area contributed by atoms with E-state index in [0.29, 0.717) is 11.0 Å². The first-order valence-corrected chi connectivity index (χ1v) is 8.09. The molecular weight excluding hydrogens is 339 g/mol. The van der Waals surface area contributed by atoms with E-state index in [0.717, 1.165) is 22.0 Å². The largest absolute Gasteiger partial charge is 0.378 e. The van der Waals surface area contributed by atoms with Crippen LogP contribution >= 0.6 is 27.3 Å². The molecule has 1 aromatic carbocycles. The van der Waals surface area contributed by atoms with Crippen molar-refractivity contribution in [2.45, 2.75) is 39.7 Å². The molecule has 1 N–H and O–H groups in total. The summed E-state index contributed by atoms with van der Waals surface area (Å²) in [5.41, 5.74) is 2.99. The zero-order chi connectivity index (χ0) is 14.9. The van der Waals surface area contributed by atoms with Gasteiger partial charge in [0.25, 0.3) is 0 Å². The third kappa shape index (κ3) is 3.58. The van der Waals surface area contributed by atoms with Crippen LogP contribution in [0.25, 0.3) is 0 Å². The summed E-state index contributed by atoms with van der Waals surface area (Å²) in [4.78, 5) is 4.64. The van der Waals surface area contributed by atoms with Crippen LogP contribution in [0.1, 0.15) is 37.0 Å². The fourth-order valence-electron chi connectivity index (χ4n) is 1.74. The summed E-state index contributed by atoms with van der Waals surface area (Å²) < 4.78 is 13.8. The smallest absolute Gasteiger partial charge is 0.137 e. The number of anilines is 1. The lowest BCUT2D eigenvalue weighted by Gasteiger charge is -2.14. The molecule has 2 aromatic rings. The maximum absolute atomic E-state index is 13.4. The van der Waals surface area contributed by atoms with Crippen molar-refractivity contribution in [3.05, 3.63) is 44.1 Å². The van der Waals surface area contributed by atoms with E-state index in [-0.39, 0.29) is 11.2 Å². The van der Waals surface area contributed by atoms with Crippen LogP contribution < -0.4 is 5.32 Å². The van der Waals surface area contributed by atoms with Crippen LogP contribution in [0.15, 0.2) is 22.0 Å². The average Bonchev–Trinajstić information content (AvgIpc) is 2.80. The van der Waals surface area contributed by atoms with Gasteiger partial charge < -0.3 is 5.32 Å². The van der Waals surface area contributed by atoms with Gasteiger partial charge in [-0.15, -0.1) is 11.3 Å². The summed E-state index contributed by atoms with van der Waals surface area (Å²) in [7, 11) is 0. The summed E-state index contributed by atoms with van der Waals surface area (Å²) in [6.07, 6.45) is 0.